The van der Waals surface area contributed by atoms with E-state index in [2.05, 4.69) is 5.14 Å². The molecule has 1 unspecified atom stereocenters. The molecule has 1 atom stereocenters. The van der Waals surface area contributed by atoms with Crippen LogP contribution in [0.15, 0.2) is 0 Å². The predicted octanol–water partition coefficient (Wildman–Crippen LogP) is -2.75. The molecule has 0 aromatic heterocycles. The second-order valence-electron chi connectivity index (χ2n) is 1.45. The zero-order valence-electron chi connectivity index (χ0n) is 6.39. The van der Waals surface area contributed by atoms with Crippen LogP contribution in [-0.4, -0.2) is 20.1 Å². The summed E-state index contributed by atoms with van der Waals surface area (Å²) in [5.74, 6) is 0. The van der Waals surface area contributed by atoms with Crippen molar-refractivity contribution >= 4 is 10.0 Å². The Bertz CT molecular complexity index is 216. The Labute approximate surface area is 73.6 Å². The first-order valence-electron chi connectivity index (χ1n) is 1.88. The van der Waals surface area contributed by atoms with Crippen LogP contribution in [0.3, 0.4) is 0 Å². The largest absolute Gasteiger partial charge is 1.00 e. The molecule has 0 radical (unpaired) electrons. The van der Waals surface area contributed by atoms with Crippen LogP contribution >= 0.6 is 0 Å². The van der Waals surface area contributed by atoms with Crippen LogP contribution in [0.5, 0.6) is 0 Å². The summed E-state index contributed by atoms with van der Waals surface area (Å²) in [5.41, 5.74) is -3.99. The van der Waals surface area contributed by atoms with Gasteiger partial charge in [-0.1, -0.05) is 0 Å². The number of hydrogen-bond donors (Lipinski definition) is 1. The summed E-state index contributed by atoms with van der Waals surface area (Å²) >= 11 is 0. The number of sulfonamides is 1. The smallest absolute Gasteiger partial charge is 1.00 e. The van der Waals surface area contributed by atoms with E-state index in [1.165, 1.54) is 0 Å². The molecule has 0 heterocycles. The van der Waals surface area contributed by atoms with E-state index < -0.39 is 21.7 Å². The molecule has 0 rings (SSSR count). The molecule has 0 aliphatic rings. The van der Waals surface area contributed by atoms with Crippen molar-refractivity contribution in [3.63, 3.8) is 0 Å². The van der Waals surface area contributed by atoms with Crippen molar-refractivity contribution in [1.29, 1.82) is 0 Å². The molecule has 9 heteroatoms. The Kier molecular flexibility index (Phi) is 4.71. The van der Waals surface area contributed by atoms with E-state index in [0.29, 0.717) is 0 Å². The van der Waals surface area contributed by atoms with Gasteiger partial charge in [0, 0.05) is 0 Å². The van der Waals surface area contributed by atoms with Crippen molar-refractivity contribution in [2.75, 3.05) is 0 Å². The second-order valence-corrected chi connectivity index (χ2v) is 3.04. The SMILES string of the molecule is NS(=O)(=O)C(F)C(F)(F)F.[H-].[Li+]. The van der Waals surface area contributed by atoms with Crippen LogP contribution in [0.2, 0.25) is 0 Å². The molecule has 2 N–H and O–H groups in total. The molecule has 0 aliphatic carbocycles. The van der Waals surface area contributed by atoms with Crippen LogP contribution < -0.4 is 24.0 Å². The molecule has 11 heavy (non-hydrogen) atoms. The first kappa shape index (κ1) is 13.8. The van der Waals surface area contributed by atoms with Crippen LogP contribution in [0.1, 0.15) is 1.43 Å². The number of halogens is 4. The van der Waals surface area contributed by atoms with Gasteiger partial charge >= 0.3 is 30.5 Å². The molecule has 0 aromatic carbocycles. The molecule has 64 valence electrons. The summed E-state index contributed by atoms with van der Waals surface area (Å²) in [6, 6.07) is 0. The third kappa shape index (κ3) is 4.63. The fraction of sp³-hybridized carbons (Fsp3) is 1.00. The van der Waals surface area contributed by atoms with Gasteiger partial charge in [-0.15, -0.1) is 0 Å². The summed E-state index contributed by atoms with van der Waals surface area (Å²) in [5, 5.41) is 3.84. The molecule has 0 spiro atoms. The van der Waals surface area contributed by atoms with E-state index >= 15 is 0 Å². The van der Waals surface area contributed by atoms with Crippen molar-refractivity contribution in [2.45, 2.75) is 11.7 Å². The minimum Gasteiger partial charge on any atom is -1.00 e. The molecule has 0 fully saturated rings. The minimum absolute atomic E-state index is 0. The van der Waals surface area contributed by atoms with Gasteiger partial charge in [0.05, 0.1) is 0 Å². The zero-order chi connectivity index (χ0) is 8.58. The maximum Gasteiger partial charge on any atom is 1.00 e. The Hall–Kier alpha value is 0.227. The second kappa shape index (κ2) is 3.76. The van der Waals surface area contributed by atoms with Crippen molar-refractivity contribution in [3.8, 4) is 0 Å². The number of primary sulfonamides is 1. The standard InChI is InChI=1S/C2H3F4NO2S.Li.H/c3-1(2(4,5)6)10(7,8)9;;/h1H,(H2,7,8,9);;/q;+1;-1. The average Bonchev–Trinajstić information content (AvgIpc) is 1.59. The van der Waals surface area contributed by atoms with E-state index in [4.69, 9.17) is 0 Å². The van der Waals surface area contributed by atoms with Gasteiger partial charge in [-0.05, 0) is 0 Å². The third-order valence-corrected chi connectivity index (χ3v) is 1.39. The number of hydrogen-bond acceptors (Lipinski definition) is 2. The fourth-order valence-electron chi connectivity index (χ4n) is 0.186. The summed E-state index contributed by atoms with van der Waals surface area (Å²) in [6.07, 6.45) is -5.44. The van der Waals surface area contributed by atoms with Gasteiger partial charge in [-0.2, -0.15) is 13.2 Å². The number of alkyl halides is 4. The molecular formula is C2H4F4LiNO2S. The van der Waals surface area contributed by atoms with Gasteiger partial charge in [0.25, 0.3) is 10.0 Å². The topological polar surface area (TPSA) is 60.2 Å². The van der Waals surface area contributed by atoms with E-state index in [1.807, 2.05) is 0 Å². The summed E-state index contributed by atoms with van der Waals surface area (Å²) in [6.45, 7) is 0. The van der Waals surface area contributed by atoms with Crippen LogP contribution in [0.4, 0.5) is 17.6 Å². The summed E-state index contributed by atoms with van der Waals surface area (Å²) < 4.78 is 64.2. The van der Waals surface area contributed by atoms with E-state index in [9.17, 15) is 26.0 Å². The van der Waals surface area contributed by atoms with Crippen LogP contribution in [0.25, 0.3) is 0 Å². The van der Waals surface area contributed by atoms with Crippen molar-refractivity contribution in [2.24, 2.45) is 5.14 Å². The van der Waals surface area contributed by atoms with E-state index in [-0.39, 0.29) is 20.3 Å². The quantitative estimate of drug-likeness (QED) is 0.359. The minimum atomic E-state index is -5.44. The van der Waals surface area contributed by atoms with Gasteiger partial charge in [0.15, 0.2) is 0 Å². The van der Waals surface area contributed by atoms with Gasteiger partial charge in [-0.25, -0.2) is 17.9 Å². The van der Waals surface area contributed by atoms with E-state index in [0.717, 1.165) is 0 Å². The maximum atomic E-state index is 11.6. The van der Waals surface area contributed by atoms with Gasteiger partial charge in [0.2, 0.25) is 0 Å². The Morgan fingerprint density at radius 2 is 1.64 bits per heavy atom. The first-order chi connectivity index (χ1) is 4.15. The summed E-state index contributed by atoms with van der Waals surface area (Å²) in [7, 11) is -5.15. The van der Waals surface area contributed by atoms with Gasteiger partial charge in [-0.3, -0.25) is 0 Å². The van der Waals surface area contributed by atoms with Crippen molar-refractivity contribution < 1.29 is 46.3 Å². The first-order valence-corrected chi connectivity index (χ1v) is 3.49. The number of rotatable bonds is 1. The molecule has 0 aliphatic heterocycles. The van der Waals surface area contributed by atoms with Gasteiger partial charge < -0.3 is 1.43 Å². The fourth-order valence-corrected chi connectivity index (χ4v) is 0.559. The summed E-state index contributed by atoms with van der Waals surface area (Å²) in [4.78, 5) is 0. The van der Waals surface area contributed by atoms with Crippen molar-refractivity contribution in [3.05, 3.63) is 0 Å². The molecule has 0 aromatic rings. The molecule has 0 bridgehead atoms. The Morgan fingerprint density at radius 1 is 1.36 bits per heavy atom. The van der Waals surface area contributed by atoms with Crippen LogP contribution in [-0.2, 0) is 10.0 Å². The van der Waals surface area contributed by atoms with Crippen LogP contribution in [0, 0.1) is 0 Å². The molecule has 0 amide bonds. The molecule has 0 saturated carbocycles. The predicted molar refractivity (Wildman–Crippen MR) is 25.2 cm³/mol. The zero-order valence-corrected chi connectivity index (χ0v) is 6.21. The van der Waals surface area contributed by atoms with Crippen molar-refractivity contribution in [1.82, 2.24) is 0 Å². The normalized spacial score (nSPS) is 15.4. The Balaban J connectivity index is -0.000000405. The maximum absolute atomic E-state index is 11.6. The average molecular weight is 189 g/mol. The third-order valence-electron chi connectivity index (χ3n) is 0.546. The Morgan fingerprint density at radius 3 is 1.64 bits per heavy atom. The van der Waals surface area contributed by atoms with Gasteiger partial charge in [0.1, 0.15) is 0 Å². The number of nitrogens with two attached hydrogens (primary N) is 1. The monoisotopic (exact) mass is 189 g/mol. The molecule has 3 nitrogen and oxygen atoms in total. The molecular weight excluding hydrogens is 185 g/mol. The molecule has 0 saturated heterocycles. The van der Waals surface area contributed by atoms with E-state index in [1.54, 1.807) is 0 Å².